The van der Waals surface area contributed by atoms with E-state index in [1.165, 1.54) is 12.3 Å². The Kier molecular flexibility index (Phi) is 4.49. The molecule has 2 aliphatic rings. The van der Waals surface area contributed by atoms with E-state index in [2.05, 4.69) is 4.98 Å². The molecule has 1 aliphatic carbocycles. The van der Waals surface area contributed by atoms with Gasteiger partial charge < -0.3 is 10.0 Å². The van der Waals surface area contributed by atoms with Gasteiger partial charge in [-0.15, -0.1) is 0 Å². The largest absolute Gasteiger partial charge is 0.385 e. The van der Waals surface area contributed by atoms with Crippen molar-refractivity contribution >= 4 is 5.91 Å². The van der Waals surface area contributed by atoms with Crippen molar-refractivity contribution in [3.05, 3.63) is 65.7 Å². The van der Waals surface area contributed by atoms with Gasteiger partial charge in [-0.3, -0.25) is 4.79 Å². The van der Waals surface area contributed by atoms with Crippen molar-refractivity contribution < 1.29 is 14.3 Å². The lowest BCUT2D eigenvalue weighted by Gasteiger charge is -2.52. The number of rotatable bonds is 2. The van der Waals surface area contributed by atoms with Gasteiger partial charge >= 0.3 is 0 Å². The maximum Gasteiger partial charge on any atom is 0.258 e. The summed E-state index contributed by atoms with van der Waals surface area (Å²) in [5, 5.41) is 11.5. The quantitative estimate of drug-likeness (QED) is 0.840. The molecule has 1 saturated carbocycles. The number of fused-ring (bicyclic) bond motifs is 1. The second-order valence-corrected chi connectivity index (χ2v) is 7.34. The van der Waals surface area contributed by atoms with Gasteiger partial charge in [-0.25, -0.2) is 4.98 Å². The van der Waals surface area contributed by atoms with Crippen LogP contribution in [0.15, 0.2) is 48.7 Å². The molecule has 1 amide bonds. The number of piperidine rings is 1. The second-order valence-electron chi connectivity index (χ2n) is 7.34. The van der Waals surface area contributed by atoms with E-state index in [4.69, 9.17) is 0 Å². The molecule has 0 radical (unpaired) electrons. The van der Waals surface area contributed by atoms with Crippen LogP contribution in [0.3, 0.4) is 0 Å². The normalized spacial score (nSPS) is 28.5. The van der Waals surface area contributed by atoms with Crippen LogP contribution in [0.5, 0.6) is 0 Å². The fourth-order valence-corrected chi connectivity index (χ4v) is 4.72. The van der Waals surface area contributed by atoms with E-state index in [9.17, 15) is 14.3 Å². The molecule has 1 saturated heterocycles. The summed E-state index contributed by atoms with van der Waals surface area (Å²) in [6.07, 6.45) is 5.58. The van der Waals surface area contributed by atoms with Gasteiger partial charge in [-0.2, -0.15) is 4.39 Å². The molecule has 1 aromatic heterocycles. The topological polar surface area (TPSA) is 53.4 Å². The summed E-state index contributed by atoms with van der Waals surface area (Å²) in [6, 6.07) is 12.7. The number of nitrogens with zero attached hydrogens (tertiary/aromatic N) is 2. The second kappa shape index (κ2) is 6.80. The smallest absolute Gasteiger partial charge is 0.258 e. The van der Waals surface area contributed by atoms with Crippen LogP contribution in [0.25, 0.3) is 0 Å². The summed E-state index contributed by atoms with van der Waals surface area (Å²) in [5.74, 6) is -1.08. The first-order chi connectivity index (χ1) is 12.6. The minimum absolute atomic E-state index is 0.0157. The monoisotopic (exact) mass is 354 g/mol. The number of aromatic nitrogens is 1. The van der Waals surface area contributed by atoms with Crippen LogP contribution >= 0.6 is 0 Å². The summed E-state index contributed by atoms with van der Waals surface area (Å²) in [6.45, 7) is 0.416. The first-order valence-corrected chi connectivity index (χ1v) is 9.30. The Bertz CT molecular complexity index is 798. The molecule has 1 aromatic carbocycles. The van der Waals surface area contributed by atoms with Crippen LogP contribution in [-0.2, 0) is 5.60 Å². The van der Waals surface area contributed by atoms with Crippen molar-refractivity contribution in [2.24, 2.45) is 5.92 Å². The Hall–Kier alpha value is -2.27. The zero-order valence-electron chi connectivity index (χ0n) is 14.6. The van der Waals surface area contributed by atoms with E-state index < -0.39 is 11.5 Å². The minimum Gasteiger partial charge on any atom is -0.385 e. The fraction of sp³-hybridized carbons (Fsp3) is 0.429. The van der Waals surface area contributed by atoms with Crippen molar-refractivity contribution in [1.29, 1.82) is 0 Å². The van der Waals surface area contributed by atoms with E-state index in [0.29, 0.717) is 13.0 Å². The van der Waals surface area contributed by atoms with E-state index in [1.807, 2.05) is 30.3 Å². The van der Waals surface area contributed by atoms with Gasteiger partial charge in [-0.05, 0) is 37.0 Å². The molecular formula is C21H23FN2O2. The van der Waals surface area contributed by atoms with Gasteiger partial charge in [-0.1, -0.05) is 43.2 Å². The highest BCUT2D eigenvalue weighted by Gasteiger charge is 2.50. The van der Waals surface area contributed by atoms with Gasteiger partial charge in [0.05, 0.1) is 11.2 Å². The summed E-state index contributed by atoms with van der Waals surface area (Å²) < 4.78 is 14.0. The van der Waals surface area contributed by atoms with E-state index in [-0.39, 0.29) is 23.4 Å². The van der Waals surface area contributed by atoms with Crippen LogP contribution in [0, 0.1) is 11.9 Å². The molecule has 1 aliphatic heterocycles. The highest BCUT2D eigenvalue weighted by Crippen LogP contribution is 2.47. The average Bonchev–Trinajstić information content (AvgIpc) is 2.69. The van der Waals surface area contributed by atoms with E-state index >= 15 is 0 Å². The number of likely N-dealkylation sites (tertiary alicyclic amines) is 1. The third-order valence-corrected chi connectivity index (χ3v) is 6.00. The molecular weight excluding hydrogens is 331 g/mol. The molecule has 136 valence electrons. The maximum atomic E-state index is 14.0. The SMILES string of the molecule is O=C(c1cccnc1F)N1CCC(O)(c2ccccc2)[C@@H]2CCCC[C@@H]21. The number of carbonyl (C=O) groups is 1. The Morgan fingerprint density at radius 2 is 1.92 bits per heavy atom. The highest BCUT2D eigenvalue weighted by atomic mass is 19.1. The van der Waals surface area contributed by atoms with E-state index in [0.717, 1.165) is 31.2 Å². The molecule has 1 unspecified atom stereocenters. The van der Waals surface area contributed by atoms with Crippen molar-refractivity contribution in [1.82, 2.24) is 9.88 Å². The lowest BCUT2D eigenvalue weighted by Crippen LogP contribution is -2.59. The molecule has 3 atom stereocenters. The minimum atomic E-state index is -0.934. The number of halogens is 1. The number of benzene rings is 1. The molecule has 4 nitrogen and oxygen atoms in total. The van der Waals surface area contributed by atoms with Gasteiger partial charge in [0.25, 0.3) is 5.91 Å². The molecule has 0 spiro atoms. The number of hydrogen-bond donors (Lipinski definition) is 1. The van der Waals surface area contributed by atoms with Gasteiger partial charge in [0.1, 0.15) is 0 Å². The third-order valence-electron chi connectivity index (χ3n) is 6.00. The number of carbonyl (C=O) groups excluding carboxylic acids is 1. The summed E-state index contributed by atoms with van der Waals surface area (Å²) >= 11 is 0. The molecule has 2 fully saturated rings. The third kappa shape index (κ3) is 2.80. The summed E-state index contributed by atoms with van der Waals surface area (Å²) in [5.41, 5.74) is -0.00472. The number of aliphatic hydroxyl groups is 1. The molecule has 0 bridgehead atoms. The van der Waals surface area contributed by atoms with Crippen LogP contribution < -0.4 is 0 Å². The van der Waals surface area contributed by atoms with Crippen molar-refractivity contribution in [3.8, 4) is 0 Å². The predicted molar refractivity (Wildman–Crippen MR) is 95.9 cm³/mol. The molecule has 2 aromatic rings. The average molecular weight is 354 g/mol. The summed E-state index contributed by atoms with van der Waals surface area (Å²) in [4.78, 5) is 18.4. The first kappa shape index (κ1) is 17.2. The van der Waals surface area contributed by atoms with Crippen LogP contribution in [0.1, 0.15) is 48.0 Å². The van der Waals surface area contributed by atoms with Gasteiger partial charge in [0.15, 0.2) is 0 Å². The molecule has 4 rings (SSSR count). The van der Waals surface area contributed by atoms with Crippen LogP contribution in [-0.4, -0.2) is 33.5 Å². The molecule has 26 heavy (non-hydrogen) atoms. The lowest BCUT2D eigenvalue weighted by atomic mass is 9.66. The zero-order chi connectivity index (χ0) is 18.1. The lowest BCUT2D eigenvalue weighted by molar-refractivity contribution is -0.110. The molecule has 5 heteroatoms. The first-order valence-electron chi connectivity index (χ1n) is 9.30. The van der Waals surface area contributed by atoms with Crippen molar-refractivity contribution in [2.45, 2.75) is 43.7 Å². The van der Waals surface area contributed by atoms with Gasteiger partial charge in [0.2, 0.25) is 5.95 Å². The van der Waals surface area contributed by atoms with E-state index in [1.54, 1.807) is 11.0 Å². The Labute approximate surface area is 152 Å². The number of pyridine rings is 1. The Morgan fingerprint density at radius 3 is 2.69 bits per heavy atom. The Balaban J connectivity index is 1.67. The fourth-order valence-electron chi connectivity index (χ4n) is 4.72. The highest BCUT2D eigenvalue weighted by molar-refractivity contribution is 5.94. The Morgan fingerprint density at radius 1 is 1.15 bits per heavy atom. The molecule has 2 heterocycles. The summed E-state index contributed by atoms with van der Waals surface area (Å²) in [7, 11) is 0. The van der Waals surface area contributed by atoms with Gasteiger partial charge in [0, 0.05) is 24.7 Å². The molecule has 1 N–H and O–H groups in total. The number of hydrogen-bond acceptors (Lipinski definition) is 3. The predicted octanol–water partition coefficient (Wildman–Crippen LogP) is 3.51. The maximum absolute atomic E-state index is 14.0. The van der Waals surface area contributed by atoms with Crippen LogP contribution in [0.2, 0.25) is 0 Å². The standard InChI is InChI=1S/C21H23FN2O2/c22-19-16(9-6-13-23-19)20(25)24-14-12-21(26,15-7-2-1-3-8-15)17-10-4-5-11-18(17)24/h1-3,6-9,13,17-18,26H,4-5,10-12,14H2/t17-,18+,21?/m1/s1. The van der Waals surface area contributed by atoms with Crippen molar-refractivity contribution in [3.63, 3.8) is 0 Å². The number of amides is 1. The van der Waals surface area contributed by atoms with Crippen molar-refractivity contribution in [2.75, 3.05) is 6.54 Å². The van der Waals surface area contributed by atoms with Crippen LogP contribution in [0.4, 0.5) is 4.39 Å². The zero-order valence-corrected chi connectivity index (χ0v) is 14.6.